The number of aromatic nitrogens is 2. The highest BCUT2D eigenvalue weighted by atomic mass is 16.1. The van der Waals surface area contributed by atoms with Gasteiger partial charge >= 0.3 is 0 Å². The summed E-state index contributed by atoms with van der Waals surface area (Å²) in [6.07, 6.45) is 1.81. The Bertz CT molecular complexity index is 1040. The fourth-order valence-electron chi connectivity index (χ4n) is 3.72. The van der Waals surface area contributed by atoms with Crippen molar-refractivity contribution in [2.24, 2.45) is 0 Å². The van der Waals surface area contributed by atoms with Crippen LogP contribution in [0.1, 0.15) is 39.8 Å². The van der Waals surface area contributed by atoms with Gasteiger partial charge in [0.05, 0.1) is 0 Å². The molecule has 2 aromatic carbocycles. The fraction of sp³-hybridized carbons (Fsp3) is 0.261. The van der Waals surface area contributed by atoms with Gasteiger partial charge in [-0.2, -0.15) is 0 Å². The summed E-state index contributed by atoms with van der Waals surface area (Å²) in [5.74, 6) is 0.374. The maximum Gasteiger partial charge on any atom is 0.274 e. The second-order valence-electron chi connectivity index (χ2n) is 7.14. The lowest BCUT2D eigenvalue weighted by Crippen LogP contribution is -2.21. The number of benzene rings is 2. The van der Waals surface area contributed by atoms with Crippen molar-refractivity contribution in [3.8, 4) is 0 Å². The molecule has 0 aliphatic carbocycles. The zero-order chi connectivity index (χ0) is 19.7. The zero-order valence-corrected chi connectivity index (χ0v) is 16.5. The summed E-state index contributed by atoms with van der Waals surface area (Å²) in [5.41, 5.74) is 6.61. The Morgan fingerprint density at radius 3 is 2.75 bits per heavy atom. The summed E-state index contributed by atoms with van der Waals surface area (Å²) in [6, 6.07) is 16.1. The summed E-state index contributed by atoms with van der Waals surface area (Å²) < 4.78 is 0. The van der Waals surface area contributed by atoms with Crippen LogP contribution < -0.4 is 10.2 Å². The van der Waals surface area contributed by atoms with Crippen molar-refractivity contribution in [2.45, 2.75) is 33.6 Å². The van der Waals surface area contributed by atoms with Crippen LogP contribution in [0.5, 0.6) is 0 Å². The van der Waals surface area contributed by atoms with Crippen molar-refractivity contribution >= 4 is 23.2 Å². The number of carbonyl (C=O) groups excluding carboxylic acids is 1. The molecule has 0 unspecified atom stereocenters. The molecule has 0 spiro atoms. The van der Waals surface area contributed by atoms with Gasteiger partial charge in [0.1, 0.15) is 5.69 Å². The Labute approximate surface area is 165 Å². The molecule has 1 amide bonds. The average molecular weight is 372 g/mol. The van der Waals surface area contributed by atoms with Gasteiger partial charge in [0.15, 0.2) is 0 Å². The Morgan fingerprint density at radius 1 is 1.11 bits per heavy atom. The van der Waals surface area contributed by atoms with Crippen molar-refractivity contribution in [1.82, 2.24) is 9.97 Å². The van der Waals surface area contributed by atoms with Crippen molar-refractivity contribution in [1.29, 1.82) is 0 Å². The van der Waals surface area contributed by atoms with Crippen molar-refractivity contribution in [3.05, 3.63) is 76.6 Å². The molecule has 0 atom stereocenters. The molecule has 1 aromatic heterocycles. The predicted molar refractivity (Wildman–Crippen MR) is 112 cm³/mol. The van der Waals surface area contributed by atoms with E-state index in [1.165, 1.54) is 5.56 Å². The van der Waals surface area contributed by atoms with Gasteiger partial charge in [-0.25, -0.2) is 9.97 Å². The van der Waals surface area contributed by atoms with Crippen LogP contribution in [0.15, 0.2) is 48.5 Å². The number of amides is 1. The second kappa shape index (κ2) is 7.43. The average Bonchev–Trinajstić information content (AvgIpc) is 3.13. The summed E-state index contributed by atoms with van der Waals surface area (Å²) in [7, 11) is 0. The lowest BCUT2D eigenvalue weighted by atomic mass is 10.1. The predicted octanol–water partition coefficient (Wildman–Crippen LogP) is 4.60. The molecule has 142 valence electrons. The van der Waals surface area contributed by atoms with Crippen molar-refractivity contribution in [3.63, 3.8) is 0 Å². The number of nitrogens with one attached hydrogen (secondary N) is 1. The van der Waals surface area contributed by atoms with Crippen molar-refractivity contribution < 1.29 is 4.79 Å². The Kier molecular flexibility index (Phi) is 4.82. The molecule has 0 fully saturated rings. The molecule has 3 aromatic rings. The molecule has 0 saturated carbocycles. The number of nitrogens with zero attached hydrogens (tertiary/aromatic N) is 3. The van der Waals surface area contributed by atoms with E-state index in [0.29, 0.717) is 11.6 Å². The smallest absolute Gasteiger partial charge is 0.274 e. The van der Waals surface area contributed by atoms with Gasteiger partial charge in [-0.1, -0.05) is 43.3 Å². The maximum absolute atomic E-state index is 13.0. The van der Waals surface area contributed by atoms with Gasteiger partial charge in [-0.05, 0) is 55.5 Å². The van der Waals surface area contributed by atoms with Crippen LogP contribution in [0.25, 0.3) is 0 Å². The maximum atomic E-state index is 13.0. The minimum Gasteiger partial charge on any atom is -0.320 e. The van der Waals surface area contributed by atoms with Crippen LogP contribution in [0.2, 0.25) is 0 Å². The van der Waals surface area contributed by atoms with E-state index in [2.05, 4.69) is 39.2 Å². The third-order valence-corrected chi connectivity index (χ3v) is 5.18. The molecule has 1 aliphatic rings. The normalized spacial score (nSPS) is 12.8. The van der Waals surface area contributed by atoms with Crippen LogP contribution in [-0.2, 0) is 12.8 Å². The third kappa shape index (κ3) is 3.36. The van der Waals surface area contributed by atoms with E-state index in [0.717, 1.165) is 47.6 Å². The van der Waals surface area contributed by atoms with Gasteiger partial charge in [0.2, 0.25) is 5.95 Å². The minimum atomic E-state index is -0.205. The third-order valence-electron chi connectivity index (χ3n) is 5.18. The number of fused-ring (bicyclic) bond motifs is 1. The Hall–Kier alpha value is -3.21. The highest BCUT2D eigenvalue weighted by Gasteiger charge is 2.23. The standard InChI is InChI=1S/C23H24N4O/c1-4-17-10-7-8-15(2)21(17)26-22(28)19-14-16(3)24-23(25-19)27-13-12-18-9-5-6-11-20(18)27/h5-11,14H,4,12-13H2,1-3H3,(H,26,28). The SMILES string of the molecule is CCc1cccc(C)c1NC(=O)c1cc(C)nc(N2CCc3ccccc32)n1. The highest BCUT2D eigenvalue weighted by Crippen LogP contribution is 2.32. The van der Waals surface area contributed by atoms with Crippen LogP contribution >= 0.6 is 0 Å². The summed E-state index contributed by atoms with van der Waals surface area (Å²) in [6.45, 7) is 6.81. The van der Waals surface area contributed by atoms with E-state index in [1.54, 1.807) is 6.07 Å². The number of hydrogen-bond donors (Lipinski definition) is 1. The summed E-state index contributed by atoms with van der Waals surface area (Å²) >= 11 is 0. The minimum absolute atomic E-state index is 0.205. The van der Waals surface area contributed by atoms with Crippen molar-refractivity contribution in [2.75, 3.05) is 16.8 Å². The molecule has 0 bridgehead atoms. The first-order valence-electron chi connectivity index (χ1n) is 9.67. The van der Waals surface area contributed by atoms with Crippen LogP contribution in [0.4, 0.5) is 17.3 Å². The van der Waals surface area contributed by atoms with Gasteiger partial charge < -0.3 is 10.2 Å². The quantitative estimate of drug-likeness (QED) is 0.727. The molecule has 1 N–H and O–H groups in total. The van der Waals surface area contributed by atoms with Gasteiger partial charge in [-0.3, -0.25) is 4.79 Å². The molecule has 5 nitrogen and oxygen atoms in total. The monoisotopic (exact) mass is 372 g/mol. The molecule has 1 aliphatic heterocycles. The topological polar surface area (TPSA) is 58.1 Å². The van der Waals surface area contributed by atoms with E-state index >= 15 is 0 Å². The first kappa shape index (κ1) is 18.2. The molecule has 2 heterocycles. The molecule has 4 rings (SSSR count). The number of carbonyl (C=O) groups is 1. The van der Waals surface area contributed by atoms with E-state index in [9.17, 15) is 4.79 Å². The Morgan fingerprint density at radius 2 is 1.93 bits per heavy atom. The molecule has 0 radical (unpaired) electrons. The van der Waals surface area contributed by atoms with Gasteiger partial charge in [0.25, 0.3) is 5.91 Å². The lowest BCUT2D eigenvalue weighted by molar-refractivity contribution is 0.102. The van der Waals surface area contributed by atoms with Crippen LogP contribution in [0.3, 0.4) is 0 Å². The summed E-state index contributed by atoms with van der Waals surface area (Å²) in [5, 5.41) is 3.06. The first-order chi connectivity index (χ1) is 13.6. The van der Waals surface area contributed by atoms with E-state index in [4.69, 9.17) is 0 Å². The number of hydrogen-bond acceptors (Lipinski definition) is 4. The molecule has 0 saturated heterocycles. The molecule has 5 heteroatoms. The van der Waals surface area contributed by atoms with Crippen LogP contribution in [-0.4, -0.2) is 22.4 Å². The number of para-hydroxylation sites is 2. The number of rotatable bonds is 4. The van der Waals surface area contributed by atoms with E-state index < -0.39 is 0 Å². The highest BCUT2D eigenvalue weighted by molar-refractivity contribution is 6.04. The number of aryl methyl sites for hydroxylation is 3. The molecular weight excluding hydrogens is 348 g/mol. The number of anilines is 3. The first-order valence-corrected chi connectivity index (χ1v) is 9.67. The van der Waals surface area contributed by atoms with Gasteiger partial charge in [0, 0.05) is 23.6 Å². The largest absolute Gasteiger partial charge is 0.320 e. The Balaban J connectivity index is 1.66. The summed E-state index contributed by atoms with van der Waals surface area (Å²) in [4.78, 5) is 24.3. The second-order valence-corrected chi connectivity index (χ2v) is 7.14. The molecular formula is C23H24N4O. The molecule has 28 heavy (non-hydrogen) atoms. The van der Waals surface area contributed by atoms with E-state index in [1.807, 2.05) is 44.2 Å². The van der Waals surface area contributed by atoms with Crippen LogP contribution in [0, 0.1) is 13.8 Å². The fourth-order valence-corrected chi connectivity index (χ4v) is 3.72. The lowest BCUT2D eigenvalue weighted by Gasteiger charge is -2.18. The van der Waals surface area contributed by atoms with Gasteiger partial charge in [-0.15, -0.1) is 0 Å². The van der Waals surface area contributed by atoms with E-state index in [-0.39, 0.29) is 5.91 Å². The zero-order valence-electron chi connectivity index (χ0n) is 16.5.